The fourth-order valence-corrected chi connectivity index (χ4v) is 4.82. The largest absolute Gasteiger partial charge is 0.468 e. The number of esters is 1. The van der Waals surface area contributed by atoms with E-state index in [1.54, 1.807) is 0 Å². The van der Waals surface area contributed by atoms with Crippen LogP contribution in [0.5, 0.6) is 0 Å². The van der Waals surface area contributed by atoms with E-state index in [4.69, 9.17) is 4.74 Å². The van der Waals surface area contributed by atoms with Crippen molar-refractivity contribution in [2.24, 2.45) is 11.8 Å². The van der Waals surface area contributed by atoms with Crippen molar-refractivity contribution in [1.82, 2.24) is 4.90 Å². The van der Waals surface area contributed by atoms with Crippen LogP contribution in [0.3, 0.4) is 0 Å². The molecular formula is C17H29NO3. The summed E-state index contributed by atoms with van der Waals surface area (Å²) in [5, 5.41) is 10.0. The molecule has 1 saturated heterocycles. The maximum atomic E-state index is 12.2. The van der Waals surface area contributed by atoms with Crippen molar-refractivity contribution in [3.63, 3.8) is 0 Å². The van der Waals surface area contributed by atoms with Gasteiger partial charge >= 0.3 is 5.97 Å². The van der Waals surface area contributed by atoms with Gasteiger partial charge in [0.1, 0.15) is 6.04 Å². The summed E-state index contributed by atoms with van der Waals surface area (Å²) < 4.78 is 5.04. The number of methoxy groups -OCH3 is 1. The van der Waals surface area contributed by atoms with Crippen LogP contribution in [0.1, 0.15) is 57.8 Å². The molecule has 1 N–H and O–H groups in total. The zero-order valence-electron chi connectivity index (χ0n) is 13.2. The molecule has 4 heteroatoms. The van der Waals surface area contributed by atoms with Crippen LogP contribution in [0.4, 0.5) is 0 Å². The molecule has 0 amide bonds. The van der Waals surface area contributed by atoms with Gasteiger partial charge < -0.3 is 9.84 Å². The predicted molar refractivity (Wildman–Crippen MR) is 80.8 cm³/mol. The lowest BCUT2D eigenvalue weighted by Gasteiger charge is -2.37. The first-order chi connectivity index (χ1) is 10.2. The van der Waals surface area contributed by atoms with Gasteiger partial charge in [-0.15, -0.1) is 0 Å². The topological polar surface area (TPSA) is 49.8 Å². The lowest BCUT2D eigenvalue weighted by Crippen LogP contribution is -2.47. The van der Waals surface area contributed by atoms with Gasteiger partial charge in [0.25, 0.3) is 0 Å². The van der Waals surface area contributed by atoms with Crippen molar-refractivity contribution in [1.29, 1.82) is 0 Å². The molecule has 4 nitrogen and oxygen atoms in total. The summed E-state index contributed by atoms with van der Waals surface area (Å²) in [6.07, 6.45) is 10.2. The van der Waals surface area contributed by atoms with Crippen LogP contribution in [0.2, 0.25) is 0 Å². The second-order valence-corrected chi connectivity index (χ2v) is 7.27. The minimum Gasteiger partial charge on any atom is -0.468 e. The van der Waals surface area contributed by atoms with Crippen molar-refractivity contribution in [3.05, 3.63) is 0 Å². The van der Waals surface area contributed by atoms with E-state index in [9.17, 15) is 9.90 Å². The summed E-state index contributed by atoms with van der Waals surface area (Å²) in [5.74, 6) is 1.22. The van der Waals surface area contributed by atoms with Crippen LogP contribution in [0, 0.1) is 11.8 Å². The van der Waals surface area contributed by atoms with Gasteiger partial charge in [0.15, 0.2) is 0 Å². The number of nitrogens with zero attached hydrogens (tertiary/aromatic N) is 1. The Kier molecular flexibility index (Phi) is 4.85. The van der Waals surface area contributed by atoms with Gasteiger partial charge in [-0.05, 0) is 50.4 Å². The molecule has 0 spiro atoms. The molecule has 2 saturated carbocycles. The number of ether oxygens (including phenoxy) is 1. The van der Waals surface area contributed by atoms with Crippen LogP contribution in [-0.4, -0.2) is 47.8 Å². The van der Waals surface area contributed by atoms with Gasteiger partial charge in [0.05, 0.1) is 13.2 Å². The summed E-state index contributed by atoms with van der Waals surface area (Å²) in [7, 11) is 1.50. The van der Waals surface area contributed by atoms with E-state index in [1.165, 1.54) is 39.2 Å². The average molecular weight is 295 g/mol. The minimum atomic E-state index is -0.184. The van der Waals surface area contributed by atoms with Crippen LogP contribution in [-0.2, 0) is 9.53 Å². The molecule has 2 aliphatic carbocycles. The van der Waals surface area contributed by atoms with Crippen LogP contribution in [0.15, 0.2) is 0 Å². The Labute approximate surface area is 127 Å². The third-order valence-electron chi connectivity index (χ3n) is 5.95. The van der Waals surface area contributed by atoms with E-state index in [1.807, 2.05) is 0 Å². The Morgan fingerprint density at radius 3 is 2.62 bits per heavy atom. The van der Waals surface area contributed by atoms with Crippen molar-refractivity contribution in [2.75, 3.05) is 13.7 Å². The number of fused-ring (bicyclic) bond motifs is 1. The molecule has 0 radical (unpaired) electrons. The van der Waals surface area contributed by atoms with E-state index in [0.29, 0.717) is 12.0 Å². The minimum absolute atomic E-state index is 0.0720. The number of hydrogen-bond donors (Lipinski definition) is 1. The molecule has 4 atom stereocenters. The highest BCUT2D eigenvalue weighted by Crippen LogP contribution is 2.41. The molecule has 3 rings (SSSR count). The molecule has 3 fully saturated rings. The number of rotatable bonds is 3. The molecule has 0 unspecified atom stereocenters. The number of likely N-dealkylation sites (tertiary alicyclic amines) is 1. The van der Waals surface area contributed by atoms with Gasteiger partial charge in [-0.1, -0.05) is 19.3 Å². The fraction of sp³-hybridized carbons (Fsp3) is 0.941. The lowest BCUT2D eigenvalue weighted by molar-refractivity contribution is -0.146. The van der Waals surface area contributed by atoms with Crippen molar-refractivity contribution in [3.8, 4) is 0 Å². The normalized spacial score (nSPS) is 38.2. The quantitative estimate of drug-likeness (QED) is 0.812. The summed E-state index contributed by atoms with van der Waals surface area (Å²) in [4.78, 5) is 14.6. The van der Waals surface area contributed by atoms with Crippen molar-refractivity contribution in [2.45, 2.75) is 76.0 Å². The zero-order chi connectivity index (χ0) is 14.8. The molecule has 1 heterocycles. The molecule has 0 bridgehead atoms. The highest BCUT2D eigenvalue weighted by atomic mass is 16.5. The summed E-state index contributed by atoms with van der Waals surface area (Å²) in [5.41, 5.74) is 0. The van der Waals surface area contributed by atoms with Gasteiger partial charge in [0.2, 0.25) is 0 Å². The standard InChI is InChI=1S/C17H29NO3/c1-21-17(20)16-9-13-7-8-14(19)10-15(13)18(16)11-12-5-3-2-4-6-12/h12-16,19H,2-11H2,1H3/t13-,14-,15-,16+/m1/s1. The van der Waals surface area contributed by atoms with Crippen LogP contribution < -0.4 is 0 Å². The number of carbonyl (C=O) groups is 1. The highest BCUT2D eigenvalue weighted by molar-refractivity contribution is 5.76. The summed E-state index contributed by atoms with van der Waals surface area (Å²) in [6.45, 7) is 1.02. The van der Waals surface area contributed by atoms with Gasteiger partial charge in [-0.25, -0.2) is 0 Å². The number of hydrogen-bond acceptors (Lipinski definition) is 4. The molecule has 21 heavy (non-hydrogen) atoms. The Bertz CT molecular complexity index is 367. The Morgan fingerprint density at radius 2 is 1.90 bits per heavy atom. The highest BCUT2D eigenvalue weighted by Gasteiger charge is 2.47. The SMILES string of the molecule is COC(=O)[C@@H]1C[C@H]2CC[C@@H](O)C[C@H]2N1CC1CCCCC1. The smallest absolute Gasteiger partial charge is 0.323 e. The Balaban J connectivity index is 1.72. The first-order valence-electron chi connectivity index (χ1n) is 8.70. The van der Waals surface area contributed by atoms with Crippen LogP contribution >= 0.6 is 0 Å². The number of aliphatic hydroxyl groups excluding tert-OH is 1. The first kappa shape index (κ1) is 15.3. The van der Waals surface area contributed by atoms with Crippen LogP contribution in [0.25, 0.3) is 0 Å². The second kappa shape index (κ2) is 6.66. The molecule has 1 aliphatic heterocycles. The molecule has 120 valence electrons. The Hall–Kier alpha value is -0.610. The Morgan fingerprint density at radius 1 is 1.14 bits per heavy atom. The predicted octanol–water partition coefficient (Wildman–Crippen LogP) is 2.34. The molecule has 0 aromatic carbocycles. The first-order valence-corrected chi connectivity index (χ1v) is 8.70. The van der Waals surface area contributed by atoms with Gasteiger partial charge in [-0.2, -0.15) is 0 Å². The van der Waals surface area contributed by atoms with Gasteiger partial charge in [-0.3, -0.25) is 9.69 Å². The maximum Gasteiger partial charge on any atom is 0.323 e. The number of aliphatic hydroxyl groups is 1. The molecular weight excluding hydrogens is 266 g/mol. The third kappa shape index (κ3) is 3.26. The van der Waals surface area contributed by atoms with Crippen molar-refractivity contribution >= 4 is 5.97 Å². The van der Waals surface area contributed by atoms with E-state index < -0.39 is 0 Å². The van der Waals surface area contributed by atoms with E-state index in [2.05, 4.69) is 4.90 Å². The third-order valence-corrected chi connectivity index (χ3v) is 5.95. The summed E-state index contributed by atoms with van der Waals surface area (Å²) in [6, 6.07) is 0.317. The summed E-state index contributed by atoms with van der Waals surface area (Å²) >= 11 is 0. The zero-order valence-corrected chi connectivity index (χ0v) is 13.2. The average Bonchev–Trinajstić information content (AvgIpc) is 2.86. The van der Waals surface area contributed by atoms with Crippen molar-refractivity contribution < 1.29 is 14.6 Å². The van der Waals surface area contributed by atoms with E-state index in [0.717, 1.165) is 38.1 Å². The molecule has 0 aromatic heterocycles. The lowest BCUT2D eigenvalue weighted by atomic mass is 9.82. The monoisotopic (exact) mass is 295 g/mol. The molecule has 0 aromatic rings. The van der Waals surface area contributed by atoms with E-state index >= 15 is 0 Å². The maximum absolute atomic E-state index is 12.2. The fourth-order valence-electron chi connectivity index (χ4n) is 4.82. The second-order valence-electron chi connectivity index (χ2n) is 7.27. The number of carbonyl (C=O) groups excluding carboxylic acids is 1. The van der Waals surface area contributed by atoms with E-state index in [-0.39, 0.29) is 18.1 Å². The molecule has 3 aliphatic rings. The van der Waals surface area contributed by atoms with Gasteiger partial charge in [0, 0.05) is 12.6 Å².